The molecule has 0 heterocycles. The van der Waals surface area contributed by atoms with E-state index in [0.717, 1.165) is 0 Å². The third-order valence-corrected chi connectivity index (χ3v) is 55.3. The van der Waals surface area contributed by atoms with Gasteiger partial charge >= 0.3 is 173 Å². The molecule has 1 heteroatoms. The van der Waals surface area contributed by atoms with Gasteiger partial charge in [0.15, 0.2) is 0 Å². The summed E-state index contributed by atoms with van der Waals surface area (Å²) in [7, 11) is 0. The Hall–Kier alpha value is -1.21. The van der Waals surface area contributed by atoms with Gasteiger partial charge in [0.25, 0.3) is 0 Å². The average Bonchev–Trinajstić information content (AvgIpc) is 3.22. The van der Waals surface area contributed by atoms with Gasteiger partial charge in [-0.15, -0.1) is 0 Å². The van der Waals surface area contributed by atoms with Crippen molar-refractivity contribution < 1.29 is 12.6 Å². The third kappa shape index (κ3) is 2.16. The summed E-state index contributed by atoms with van der Waals surface area (Å²) < 4.78 is 19.2. The monoisotopic (exact) mass is 571 g/mol. The molecule has 2 aromatic rings. The Balaban J connectivity index is 2.43. The second-order valence-corrected chi connectivity index (χ2v) is 131. The summed E-state index contributed by atoms with van der Waals surface area (Å²) in [5.74, 6) is 0. The van der Waals surface area contributed by atoms with Gasteiger partial charge in [-0.3, -0.25) is 0 Å². The fraction of sp³-hybridized carbons (Fsp3) is 0.448. The summed E-state index contributed by atoms with van der Waals surface area (Å²) in [5, 5.41) is 2.74. The van der Waals surface area contributed by atoms with Gasteiger partial charge in [-0.05, 0) is 0 Å². The number of hydrogen-bond acceptors (Lipinski definition) is 0. The normalized spacial score (nSPS) is 28.8. The molecule has 0 aromatic heterocycles. The molecule has 0 N–H and O–H groups in total. The molecule has 0 saturated heterocycles. The van der Waals surface area contributed by atoms with Gasteiger partial charge in [0.1, 0.15) is 0 Å². The van der Waals surface area contributed by atoms with E-state index in [0.29, 0.717) is 3.67 Å². The van der Waals surface area contributed by atoms with Gasteiger partial charge in [0.2, 0.25) is 0 Å². The number of hydrogen-bond donors (Lipinski definition) is 0. The van der Waals surface area contributed by atoms with Crippen molar-refractivity contribution >= 4 is 16.8 Å². The number of benzene rings is 2. The van der Waals surface area contributed by atoms with E-state index in [1.54, 1.807) is 0 Å². The predicted molar refractivity (Wildman–Crippen MR) is 137 cm³/mol. The molecular formula is C29H43Hf. The van der Waals surface area contributed by atoms with Crippen LogP contribution in [-0.4, -0.2) is 0 Å². The van der Waals surface area contributed by atoms with Crippen molar-refractivity contribution in [3.8, 4) is 0 Å². The van der Waals surface area contributed by atoms with Crippen molar-refractivity contribution in [1.29, 1.82) is 0 Å². The Kier molecular flexibility index (Phi) is 2.69. The van der Waals surface area contributed by atoms with Crippen molar-refractivity contribution in [2.45, 2.75) is 60.4 Å². The van der Waals surface area contributed by atoms with Crippen LogP contribution in [0, 0.1) is 5.41 Å². The summed E-state index contributed by atoms with van der Waals surface area (Å²) in [6.45, 7) is 7.41. The SMILES string of the molecule is CC(C)(C)[C]1([Hf]([CH3])([CH3])([CH3])([CH3])([CH3])([CH3])([CH3])[CH]2C=CC=C2)C=Cc2ccc3ccccc3c21. The Morgan fingerprint density at radius 2 is 1.33 bits per heavy atom. The van der Waals surface area contributed by atoms with Crippen LogP contribution in [0.25, 0.3) is 16.8 Å². The molecule has 0 saturated carbocycles. The Morgan fingerprint density at radius 1 is 0.767 bits per heavy atom. The summed E-state index contributed by atoms with van der Waals surface area (Å²) in [6, 6.07) is 13.6. The maximum absolute atomic E-state index is 5.80. The van der Waals surface area contributed by atoms with Gasteiger partial charge in [-0.2, -0.15) is 0 Å². The summed E-state index contributed by atoms with van der Waals surface area (Å²) in [6.07, 6.45) is 14.6. The Bertz CT molecular complexity index is 1260. The predicted octanol–water partition coefficient (Wildman–Crippen LogP) is 10.2. The molecule has 0 nitrogen and oxygen atoms in total. The van der Waals surface area contributed by atoms with Gasteiger partial charge < -0.3 is 0 Å². The number of allylic oxidation sites excluding steroid dienone is 5. The molecular weight excluding hydrogens is 527 g/mol. The van der Waals surface area contributed by atoms with E-state index in [1.807, 2.05) is 0 Å². The zero-order valence-electron chi connectivity index (χ0n) is 21.0. The van der Waals surface area contributed by atoms with E-state index in [4.69, 9.17) is 0 Å². The van der Waals surface area contributed by atoms with Crippen LogP contribution in [0.15, 0.2) is 66.8 Å². The molecule has 0 bridgehead atoms. The van der Waals surface area contributed by atoms with Crippen LogP contribution in [0.5, 0.6) is 0 Å². The second kappa shape index (κ2) is 3.66. The fourth-order valence-electron chi connectivity index (χ4n) is 9.35. The first-order valence-electron chi connectivity index (χ1n) is 11.9. The van der Waals surface area contributed by atoms with Crippen LogP contribution in [0.3, 0.4) is 0 Å². The second-order valence-electron chi connectivity index (χ2n) is 21.9. The molecule has 1 atom stereocenters. The molecule has 163 valence electrons. The minimum atomic E-state index is -5.80. The first kappa shape index (κ1) is 22.0. The molecule has 2 aliphatic carbocycles. The minimum absolute atomic E-state index is 0.00950. The molecule has 0 aliphatic heterocycles. The summed E-state index contributed by atoms with van der Waals surface area (Å²) in [4.78, 5) is 0. The van der Waals surface area contributed by atoms with Gasteiger partial charge in [0, 0.05) is 0 Å². The van der Waals surface area contributed by atoms with Crippen molar-refractivity contribution in [1.82, 2.24) is 0 Å². The standard InChI is InChI=1S/C17H17.C5H5.7CH3.Hf/c1-17(2,3)15-11-10-13-9-8-12-6-4-5-7-14(12)16(13)15;1-2-4-5-3-1;;;;;;;;/h4-11H,1-3H3;1-5H;7*1H3;. The average molecular weight is 570 g/mol. The molecule has 0 radical (unpaired) electrons. The topological polar surface area (TPSA) is 0 Å². The molecule has 2 aliphatic rings. The van der Waals surface area contributed by atoms with Gasteiger partial charge in [-0.1, -0.05) is 0 Å². The zero-order chi connectivity index (χ0) is 22.7. The third-order valence-electron chi connectivity index (χ3n) is 10.3. The first-order valence-corrected chi connectivity index (χ1v) is 40.9. The van der Waals surface area contributed by atoms with Crippen LogP contribution in [0.2, 0.25) is 36.4 Å². The van der Waals surface area contributed by atoms with Crippen LogP contribution < -0.4 is 0 Å². The van der Waals surface area contributed by atoms with Crippen molar-refractivity contribution in [3.05, 3.63) is 77.9 Å². The molecule has 0 amide bonds. The van der Waals surface area contributed by atoms with Gasteiger partial charge in [0.05, 0.1) is 0 Å². The summed E-state index contributed by atoms with van der Waals surface area (Å²) >= 11 is -5.80. The van der Waals surface area contributed by atoms with Gasteiger partial charge in [-0.25, -0.2) is 0 Å². The van der Waals surface area contributed by atoms with Crippen molar-refractivity contribution in [3.63, 3.8) is 0 Å². The molecule has 2 aromatic carbocycles. The van der Waals surface area contributed by atoms with E-state index >= 15 is 0 Å². The molecule has 30 heavy (non-hydrogen) atoms. The van der Waals surface area contributed by atoms with Crippen LogP contribution in [-0.2, 0) is 15.8 Å². The molecule has 0 spiro atoms. The van der Waals surface area contributed by atoms with Crippen LogP contribution in [0.4, 0.5) is 0 Å². The van der Waals surface area contributed by atoms with Crippen molar-refractivity contribution in [2.24, 2.45) is 5.41 Å². The number of fused-ring (bicyclic) bond motifs is 3. The zero-order valence-corrected chi connectivity index (χ0v) is 24.6. The number of rotatable bonds is 2. The quantitative estimate of drug-likeness (QED) is 0.316. The first-order chi connectivity index (χ1) is 12.9. The summed E-state index contributed by atoms with van der Waals surface area (Å²) in [5.41, 5.74) is 2.90. The van der Waals surface area contributed by atoms with Crippen LogP contribution >= 0.6 is 0 Å². The van der Waals surface area contributed by atoms with Crippen LogP contribution in [0.1, 0.15) is 31.9 Å². The van der Waals surface area contributed by atoms with E-state index in [-0.39, 0.29) is 8.59 Å². The molecule has 0 fully saturated rings. The fourth-order valence-corrected chi connectivity index (χ4v) is 55.5. The molecule has 4 rings (SSSR count). The maximum atomic E-state index is 2.72. The Labute approximate surface area is 172 Å². The van der Waals surface area contributed by atoms with E-state index in [2.05, 4.69) is 126 Å². The molecule has 1 unspecified atom stereocenters. The van der Waals surface area contributed by atoms with E-state index in [9.17, 15) is 0 Å². The van der Waals surface area contributed by atoms with Crippen molar-refractivity contribution in [2.75, 3.05) is 0 Å². The Morgan fingerprint density at radius 3 is 1.90 bits per heavy atom. The van der Waals surface area contributed by atoms with E-state index < -0.39 is 12.6 Å². The van der Waals surface area contributed by atoms with E-state index in [1.165, 1.54) is 21.9 Å².